The van der Waals surface area contributed by atoms with Gasteiger partial charge < -0.3 is 15.8 Å². The Morgan fingerprint density at radius 2 is 2.11 bits per heavy atom. The molecule has 1 rings (SSSR count). The third-order valence-electron chi connectivity index (χ3n) is 2.65. The van der Waals surface area contributed by atoms with Crippen LogP contribution in [-0.2, 0) is 16.0 Å². The Morgan fingerprint density at radius 3 is 2.79 bits per heavy atom. The van der Waals surface area contributed by atoms with Crippen molar-refractivity contribution in [1.29, 1.82) is 0 Å². The molecule has 0 aliphatic heterocycles. The van der Waals surface area contributed by atoms with E-state index in [0.717, 1.165) is 12.0 Å². The Bertz CT molecular complexity index is 379. The largest absolute Gasteiger partial charge is 0.379 e. The molecule has 4 nitrogen and oxygen atoms in total. The number of hydrogen-bond acceptors (Lipinski definition) is 3. The number of nitrogens with one attached hydrogen (secondary N) is 1. The SMILES string of the molecule is C=CCCOCCNC(=O)[C@H](N)Cc1ccccc1. The van der Waals surface area contributed by atoms with Gasteiger partial charge in [0.05, 0.1) is 19.3 Å². The van der Waals surface area contributed by atoms with Crippen molar-refractivity contribution in [2.45, 2.75) is 18.9 Å². The standard InChI is InChI=1S/C15H22N2O2/c1-2-3-10-19-11-9-17-15(18)14(16)12-13-7-5-4-6-8-13/h2,4-8,14H,1,3,9-12,16H2,(H,17,18)/t14-/m1/s1. The molecular weight excluding hydrogens is 240 g/mol. The van der Waals surface area contributed by atoms with Crippen molar-refractivity contribution < 1.29 is 9.53 Å². The minimum Gasteiger partial charge on any atom is -0.379 e. The second-order valence-corrected chi connectivity index (χ2v) is 4.28. The predicted molar refractivity (Wildman–Crippen MR) is 76.8 cm³/mol. The van der Waals surface area contributed by atoms with Gasteiger partial charge >= 0.3 is 0 Å². The van der Waals surface area contributed by atoms with Gasteiger partial charge in [0.1, 0.15) is 0 Å². The van der Waals surface area contributed by atoms with Gasteiger partial charge in [0.15, 0.2) is 0 Å². The van der Waals surface area contributed by atoms with Crippen LogP contribution in [0.15, 0.2) is 43.0 Å². The molecule has 3 N–H and O–H groups in total. The van der Waals surface area contributed by atoms with Crippen LogP contribution in [0.2, 0.25) is 0 Å². The molecule has 0 aliphatic carbocycles. The minimum absolute atomic E-state index is 0.142. The van der Waals surface area contributed by atoms with Crippen molar-refractivity contribution >= 4 is 5.91 Å². The van der Waals surface area contributed by atoms with E-state index in [1.54, 1.807) is 6.08 Å². The van der Waals surface area contributed by atoms with Gasteiger partial charge in [0, 0.05) is 6.54 Å². The van der Waals surface area contributed by atoms with Gasteiger partial charge in [-0.1, -0.05) is 36.4 Å². The van der Waals surface area contributed by atoms with E-state index >= 15 is 0 Å². The van der Waals surface area contributed by atoms with Crippen molar-refractivity contribution in [3.8, 4) is 0 Å². The lowest BCUT2D eigenvalue weighted by molar-refractivity contribution is -0.122. The van der Waals surface area contributed by atoms with Crippen LogP contribution in [0, 0.1) is 0 Å². The summed E-state index contributed by atoms with van der Waals surface area (Å²) < 4.78 is 5.30. The van der Waals surface area contributed by atoms with E-state index in [4.69, 9.17) is 10.5 Å². The number of nitrogens with two attached hydrogens (primary N) is 1. The van der Waals surface area contributed by atoms with E-state index in [0.29, 0.717) is 26.2 Å². The van der Waals surface area contributed by atoms with Gasteiger partial charge in [0.2, 0.25) is 5.91 Å². The molecular formula is C15H22N2O2. The Hall–Kier alpha value is -1.65. The number of amides is 1. The molecule has 0 unspecified atom stereocenters. The molecule has 0 heterocycles. The fourth-order valence-corrected chi connectivity index (χ4v) is 1.61. The predicted octanol–water partition coefficient (Wildman–Crippen LogP) is 1.27. The number of carbonyl (C=O) groups is 1. The maximum atomic E-state index is 11.7. The quantitative estimate of drug-likeness (QED) is 0.520. The highest BCUT2D eigenvalue weighted by atomic mass is 16.5. The molecule has 1 aromatic rings. The van der Waals surface area contributed by atoms with E-state index < -0.39 is 6.04 Å². The topological polar surface area (TPSA) is 64.3 Å². The fraction of sp³-hybridized carbons (Fsp3) is 0.400. The zero-order valence-electron chi connectivity index (χ0n) is 11.2. The average Bonchev–Trinajstić information content (AvgIpc) is 2.43. The van der Waals surface area contributed by atoms with Crippen molar-refractivity contribution in [3.05, 3.63) is 48.6 Å². The zero-order valence-corrected chi connectivity index (χ0v) is 11.2. The summed E-state index contributed by atoms with van der Waals surface area (Å²) in [5, 5.41) is 2.76. The van der Waals surface area contributed by atoms with E-state index in [9.17, 15) is 4.79 Å². The summed E-state index contributed by atoms with van der Waals surface area (Å²) in [5.74, 6) is -0.142. The Kier molecular flexibility index (Phi) is 7.54. The van der Waals surface area contributed by atoms with Gasteiger partial charge in [-0.05, 0) is 18.4 Å². The van der Waals surface area contributed by atoms with Crippen LogP contribution in [-0.4, -0.2) is 31.7 Å². The van der Waals surface area contributed by atoms with Gasteiger partial charge in [-0.3, -0.25) is 4.79 Å². The van der Waals surface area contributed by atoms with Crippen LogP contribution in [0.4, 0.5) is 0 Å². The summed E-state index contributed by atoms with van der Waals surface area (Å²) in [4.78, 5) is 11.7. The lowest BCUT2D eigenvalue weighted by Crippen LogP contribution is -2.43. The minimum atomic E-state index is -0.518. The first-order valence-electron chi connectivity index (χ1n) is 6.50. The lowest BCUT2D eigenvalue weighted by Gasteiger charge is -2.12. The number of carbonyl (C=O) groups excluding carboxylic acids is 1. The summed E-state index contributed by atoms with van der Waals surface area (Å²) in [5.41, 5.74) is 6.91. The maximum Gasteiger partial charge on any atom is 0.237 e. The molecule has 0 spiro atoms. The molecule has 1 amide bonds. The summed E-state index contributed by atoms with van der Waals surface area (Å²) in [6.45, 7) is 5.22. The molecule has 1 atom stereocenters. The highest BCUT2D eigenvalue weighted by molar-refractivity contribution is 5.81. The van der Waals surface area contributed by atoms with E-state index in [-0.39, 0.29) is 5.91 Å². The van der Waals surface area contributed by atoms with Crippen molar-refractivity contribution in [2.24, 2.45) is 5.73 Å². The highest BCUT2D eigenvalue weighted by Crippen LogP contribution is 2.01. The Morgan fingerprint density at radius 1 is 1.37 bits per heavy atom. The molecule has 104 valence electrons. The molecule has 0 radical (unpaired) electrons. The van der Waals surface area contributed by atoms with Gasteiger partial charge in [0.25, 0.3) is 0 Å². The molecule has 4 heteroatoms. The molecule has 1 aromatic carbocycles. The Labute approximate surface area is 114 Å². The van der Waals surface area contributed by atoms with Gasteiger partial charge in [-0.15, -0.1) is 6.58 Å². The molecule has 0 saturated heterocycles. The van der Waals surface area contributed by atoms with Crippen LogP contribution in [0.5, 0.6) is 0 Å². The van der Waals surface area contributed by atoms with Crippen LogP contribution in [0.25, 0.3) is 0 Å². The van der Waals surface area contributed by atoms with Crippen LogP contribution < -0.4 is 11.1 Å². The summed E-state index contributed by atoms with van der Waals surface area (Å²) in [7, 11) is 0. The van der Waals surface area contributed by atoms with Crippen molar-refractivity contribution in [1.82, 2.24) is 5.32 Å². The summed E-state index contributed by atoms with van der Waals surface area (Å²) >= 11 is 0. The van der Waals surface area contributed by atoms with Gasteiger partial charge in [-0.25, -0.2) is 0 Å². The fourth-order valence-electron chi connectivity index (χ4n) is 1.61. The molecule has 0 saturated carbocycles. The second-order valence-electron chi connectivity index (χ2n) is 4.28. The number of ether oxygens (including phenoxy) is 1. The summed E-state index contributed by atoms with van der Waals surface area (Å²) in [6.07, 6.45) is 3.17. The van der Waals surface area contributed by atoms with E-state index in [1.807, 2.05) is 30.3 Å². The highest BCUT2D eigenvalue weighted by Gasteiger charge is 2.12. The van der Waals surface area contributed by atoms with Gasteiger partial charge in [-0.2, -0.15) is 0 Å². The first-order valence-corrected chi connectivity index (χ1v) is 6.50. The van der Waals surface area contributed by atoms with Crippen molar-refractivity contribution in [2.75, 3.05) is 19.8 Å². The summed E-state index contributed by atoms with van der Waals surface area (Å²) in [6, 6.07) is 9.23. The lowest BCUT2D eigenvalue weighted by atomic mass is 10.1. The monoisotopic (exact) mass is 262 g/mol. The van der Waals surface area contributed by atoms with Crippen LogP contribution >= 0.6 is 0 Å². The third-order valence-corrected chi connectivity index (χ3v) is 2.65. The van der Waals surface area contributed by atoms with E-state index in [1.165, 1.54) is 0 Å². The van der Waals surface area contributed by atoms with Crippen LogP contribution in [0.1, 0.15) is 12.0 Å². The molecule has 19 heavy (non-hydrogen) atoms. The second kappa shape index (κ2) is 9.30. The van der Waals surface area contributed by atoms with E-state index in [2.05, 4.69) is 11.9 Å². The Balaban J connectivity index is 2.16. The number of rotatable bonds is 9. The molecule has 0 aromatic heterocycles. The van der Waals surface area contributed by atoms with Crippen molar-refractivity contribution in [3.63, 3.8) is 0 Å². The normalized spacial score (nSPS) is 11.8. The maximum absolute atomic E-state index is 11.7. The molecule has 0 fully saturated rings. The first kappa shape index (κ1) is 15.4. The third kappa shape index (κ3) is 6.74. The molecule has 0 bridgehead atoms. The first-order chi connectivity index (χ1) is 9.24. The number of hydrogen-bond donors (Lipinski definition) is 2. The van der Waals surface area contributed by atoms with Crippen LogP contribution in [0.3, 0.4) is 0 Å². The smallest absolute Gasteiger partial charge is 0.237 e. The average molecular weight is 262 g/mol. The molecule has 0 aliphatic rings. The number of benzene rings is 1. The zero-order chi connectivity index (χ0) is 13.9.